The fraction of sp³-hybridized carbons (Fsp3) is 0.400. The quantitative estimate of drug-likeness (QED) is 0.792. The molecule has 0 aliphatic rings. The zero-order valence-electron chi connectivity index (χ0n) is 8.52. The van der Waals surface area contributed by atoms with Crippen molar-refractivity contribution in [3.63, 3.8) is 0 Å². The maximum absolute atomic E-state index is 5.74. The average Bonchev–Trinajstić information content (AvgIpc) is 2.20. The van der Waals surface area contributed by atoms with Crippen LogP contribution < -0.4 is 10.1 Å². The molecule has 0 saturated carbocycles. The fourth-order valence-corrected chi connectivity index (χ4v) is 1.03. The minimum atomic E-state index is 0.681. The third-order valence-electron chi connectivity index (χ3n) is 1.43. The summed E-state index contributed by atoms with van der Waals surface area (Å²) in [4.78, 5) is 0. The summed E-state index contributed by atoms with van der Waals surface area (Å²) >= 11 is 5.74. The molecule has 0 amide bonds. The molecular weight excluding hydrogens is 186 g/mol. The van der Waals surface area contributed by atoms with E-state index in [0.717, 1.165) is 11.4 Å². The van der Waals surface area contributed by atoms with Crippen molar-refractivity contribution in [2.75, 3.05) is 19.5 Å². The Labute approximate surface area is 84.9 Å². The SMILES string of the molecule is CC.CNc1ccc(Cl)cc1OC. The molecule has 2 nitrogen and oxygen atoms in total. The van der Waals surface area contributed by atoms with Crippen molar-refractivity contribution in [2.45, 2.75) is 13.8 Å². The van der Waals surface area contributed by atoms with Gasteiger partial charge in [0.25, 0.3) is 0 Å². The first-order chi connectivity index (χ1) is 6.27. The highest BCUT2D eigenvalue weighted by Crippen LogP contribution is 2.26. The van der Waals surface area contributed by atoms with E-state index in [1.807, 2.05) is 33.0 Å². The third-order valence-corrected chi connectivity index (χ3v) is 1.67. The lowest BCUT2D eigenvalue weighted by Gasteiger charge is -2.06. The van der Waals surface area contributed by atoms with Crippen LogP contribution in [0.15, 0.2) is 18.2 Å². The van der Waals surface area contributed by atoms with Crippen LogP contribution in [0, 0.1) is 0 Å². The highest BCUT2D eigenvalue weighted by Gasteiger charge is 1.99. The molecule has 0 fully saturated rings. The summed E-state index contributed by atoms with van der Waals surface area (Å²) in [6, 6.07) is 5.46. The van der Waals surface area contributed by atoms with Gasteiger partial charge in [-0.1, -0.05) is 25.4 Å². The zero-order chi connectivity index (χ0) is 10.3. The highest BCUT2D eigenvalue weighted by molar-refractivity contribution is 6.30. The molecule has 0 atom stereocenters. The largest absolute Gasteiger partial charge is 0.495 e. The molecule has 0 saturated heterocycles. The van der Waals surface area contributed by atoms with Gasteiger partial charge < -0.3 is 10.1 Å². The van der Waals surface area contributed by atoms with E-state index in [-0.39, 0.29) is 0 Å². The Morgan fingerprint density at radius 3 is 2.38 bits per heavy atom. The van der Waals surface area contributed by atoms with Crippen LogP contribution in [-0.2, 0) is 0 Å². The molecule has 0 spiro atoms. The number of benzene rings is 1. The van der Waals surface area contributed by atoms with Gasteiger partial charge in [-0.3, -0.25) is 0 Å². The third kappa shape index (κ3) is 3.55. The van der Waals surface area contributed by atoms with Gasteiger partial charge in [0.05, 0.1) is 12.8 Å². The summed E-state index contributed by atoms with van der Waals surface area (Å²) < 4.78 is 5.07. The number of nitrogens with one attached hydrogen (secondary N) is 1. The maximum atomic E-state index is 5.74. The van der Waals surface area contributed by atoms with Crippen LogP contribution in [0.4, 0.5) is 5.69 Å². The lowest BCUT2D eigenvalue weighted by atomic mass is 10.3. The molecule has 3 heteroatoms. The average molecular weight is 202 g/mol. The highest BCUT2D eigenvalue weighted by atomic mass is 35.5. The van der Waals surface area contributed by atoms with Gasteiger partial charge in [-0.15, -0.1) is 0 Å². The van der Waals surface area contributed by atoms with Gasteiger partial charge in [-0.25, -0.2) is 0 Å². The Hall–Kier alpha value is -0.890. The molecule has 0 heterocycles. The lowest BCUT2D eigenvalue weighted by Crippen LogP contribution is -1.92. The predicted molar refractivity (Wildman–Crippen MR) is 58.9 cm³/mol. The van der Waals surface area contributed by atoms with E-state index >= 15 is 0 Å². The summed E-state index contributed by atoms with van der Waals surface area (Å²) in [5, 5.41) is 3.67. The van der Waals surface area contributed by atoms with Crippen molar-refractivity contribution in [3.8, 4) is 5.75 Å². The van der Waals surface area contributed by atoms with Crippen molar-refractivity contribution >= 4 is 17.3 Å². The first-order valence-electron chi connectivity index (χ1n) is 4.29. The smallest absolute Gasteiger partial charge is 0.143 e. The molecule has 0 radical (unpaired) electrons. The molecular formula is C10H16ClNO. The molecule has 1 aromatic carbocycles. The van der Waals surface area contributed by atoms with E-state index in [4.69, 9.17) is 16.3 Å². The van der Waals surface area contributed by atoms with Gasteiger partial charge in [0, 0.05) is 18.1 Å². The van der Waals surface area contributed by atoms with Crippen molar-refractivity contribution in [2.24, 2.45) is 0 Å². The van der Waals surface area contributed by atoms with Crippen molar-refractivity contribution in [1.82, 2.24) is 0 Å². The van der Waals surface area contributed by atoms with E-state index < -0.39 is 0 Å². The van der Waals surface area contributed by atoms with Gasteiger partial charge in [0.15, 0.2) is 0 Å². The second kappa shape index (κ2) is 6.61. The van der Waals surface area contributed by atoms with Gasteiger partial charge in [-0.2, -0.15) is 0 Å². The first kappa shape index (κ1) is 12.1. The molecule has 0 unspecified atom stereocenters. The summed E-state index contributed by atoms with van der Waals surface area (Å²) in [5.41, 5.74) is 0.942. The standard InChI is InChI=1S/C8H10ClNO.C2H6/c1-10-7-4-3-6(9)5-8(7)11-2;1-2/h3-5,10H,1-2H3;1-2H3. The minimum Gasteiger partial charge on any atom is -0.495 e. The van der Waals surface area contributed by atoms with Crippen molar-refractivity contribution in [3.05, 3.63) is 23.2 Å². The molecule has 0 bridgehead atoms. The number of rotatable bonds is 2. The van der Waals surface area contributed by atoms with E-state index in [9.17, 15) is 0 Å². The van der Waals surface area contributed by atoms with E-state index in [1.165, 1.54) is 0 Å². The number of ether oxygens (including phenoxy) is 1. The molecule has 1 rings (SSSR count). The molecule has 0 aliphatic carbocycles. The molecule has 13 heavy (non-hydrogen) atoms. The molecule has 74 valence electrons. The van der Waals surface area contributed by atoms with Crippen LogP contribution in [0.2, 0.25) is 5.02 Å². The Balaban J connectivity index is 0.000000671. The lowest BCUT2D eigenvalue weighted by molar-refractivity contribution is 0.416. The second-order valence-electron chi connectivity index (χ2n) is 2.09. The fourth-order valence-electron chi connectivity index (χ4n) is 0.872. The van der Waals surface area contributed by atoms with Crippen molar-refractivity contribution < 1.29 is 4.74 Å². The van der Waals surface area contributed by atoms with E-state index in [2.05, 4.69) is 5.32 Å². The summed E-state index contributed by atoms with van der Waals surface area (Å²) in [6.45, 7) is 4.00. The number of hydrogen-bond acceptors (Lipinski definition) is 2. The predicted octanol–water partition coefficient (Wildman–Crippen LogP) is 3.42. The maximum Gasteiger partial charge on any atom is 0.143 e. The molecule has 0 aromatic heterocycles. The second-order valence-corrected chi connectivity index (χ2v) is 2.53. The van der Waals surface area contributed by atoms with Gasteiger partial charge >= 0.3 is 0 Å². The Morgan fingerprint density at radius 2 is 1.92 bits per heavy atom. The van der Waals surface area contributed by atoms with Crippen LogP contribution in [0.3, 0.4) is 0 Å². The Morgan fingerprint density at radius 1 is 1.31 bits per heavy atom. The van der Waals surface area contributed by atoms with Crippen LogP contribution >= 0.6 is 11.6 Å². The topological polar surface area (TPSA) is 21.3 Å². The molecule has 1 N–H and O–H groups in total. The molecule has 1 aromatic rings. The first-order valence-corrected chi connectivity index (χ1v) is 4.67. The summed E-state index contributed by atoms with van der Waals surface area (Å²) in [7, 11) is 3.46. The monoisotopic (exact) mass is 201 g/mol. The minimum absolute atomic E-state index is 0.681. The van der Waals surface area contributed by atoms with Crippen molar-refractivity contribution in [1.29, 1.82) is 0 Å². The summed E-state index contributed by atoms with van der Waals surface area (Å²) in [5.74, 6) is 0.764. The number of anilines is 1. The van der Waals surface area contributed by atoms with Gasteiger partial charge in [0.2, 0.25) is 0 Å². The Kier molecular flexibility index (Phi) is 6.15. The number of hydrogen-bond donors (Lipinski definition) is 1. The number of methoxy groups -OCH3 is 1. The van der Waals surface area contributed by atoms with Crippen LogP contribution in [0.5, 0.6) is 5.75 Å². The zero-order valence-corrected chi connectivity index (χ0v) is 9.27. The number of halogens is 1. The molecule has 0 aliphatic heterocycles. The normalized spacial score (nSPS) is 8.38. The van der Waals surface area contributed by atoms with Crippen LogP contribution in [-0.4, -0.2) is 14.2 Å². The van der Waals surface area contributed by atoms with E-state index in [0.29, 0.717) is 5.02 Å². The summed E-state index contributed by atoms with van der Waals surface area (Å²) in [6.07, 6.45) is 0. The van der Waals surface area contributed by atoms with Crippen LogP contribution in [0.1, 0.15) is 13.8 Å². The van der Waals surface area contributed by atoms with E-state index in [1.54, 1.807) is 13.2 Å². The van der Waals surface area contributed by atoms with Gasteiger partial charge in [0.1, 0.15) is 5.75 Å². The van der Waals surface area contributed by atoms with Crippen LogP contribution in [0.25, 0.3) is 0 Å². The Bertz CT molecular complexity index is 251. The van der Waals surface area contributed by atoms with Gasteiger partial charge in [-0.05, 0) is 12.1 Å².